The molecule has 0 saturated heterocycles. The molecule has 0 amide bonds. The van der Waals surface area contributed by atoms with E-state index in [1.165, 1.54) is 0 Å². The molecule has 102 valence electrons. The van der Waals surface area contributed by atoms with E-state index in [0.717, 1.165) is 22.3 Å². The van der Waals surface area contributed by atoms with E-state index in [2.05, 4.69) is 6.58 Å². The second kappa shape index (κ2) is 7.01. The molecule has 0 bridgehead atoms. The van der Waals surface area contributed by atoms with Gasteiger partial charge in [0.05, 0.1) is 0 Å². The molecule has 2 aromatic rings. The van der Waals surface area contributed by atoms with Crippen molar-refractivity contribution in [2.75, 3.05) is 6.26 Å². The quantitative estimate of drug-likeness (QED) is 0.788. The molecule has 0 spiro atoms. The first-order chi connectivity index (χ1) is 9.66. The summed E-state index contributed by atoms with van der Waals surface area (Å²) >= 11 is 0. The zero-order valence-electron chi connectivity index (χ0n) is 11.6. The normalized spacial score (nSPS) is 12.9. The lowest BCUT2D eigenvalue weighted by Crippen LogP contribution is -1.91. The Bertz CT molecular complexity index is 627. The van der Waals surface area contributed by atoms with Gasteiger partial charge in [0.25, 0.3) is 0 Å². The van der Waals surface area contributed by atoms with Crippen molar-refractivity contribution in [3.8, 4) is 0 Å². The standard InChI is InChI=1S/C18H18OS/c1-15(16-9-5-3-6-10-16)13-18(14-20(2)19)17-11-7-4-8-12-17/h3-12,14H,1,13H2,2H3/b18-14+/t20-/m1/s1. The van der Waals surface area contributed by atoms with Gasteiger partial charge in [-0.1, -0.05) is 67.2 Å². The molecule has 0 fully saturated rings. The van der Waals surface area contributed by atoms with Gasteiger partial charge in [-0.05, 0) is 28.7 Å². The maximum absolute atomic E-state index is 11.6. The highest BCUT2D eigenvalue weighted by atomic mass is 32.2. The first-order valence-corrected chi connectivity index (χ1v) is 8.10. The lowest BCUT2D eigenvalue weighted by atomic mass is 9.96. The first kappa shape index (κ1) is 14.5. The topological polar surface area (TPSA) is 17.1 Å². The van der Waals surface area contributed by atoms with Crippen LogP contribution in [0.3, 0.4) is 0 Å². The van der Waals surface area contributed by atoms with Crippen LogP contribution >= 0.6 is 0 Å². The minimum absolute atomic E-state index is 0.702. The summed E-state index contributed by atoms with van der Waals surface area (Å²) in [5, 5.41) is 1.81. The SMILES string of the molecule is C=C(C/C(=C\[S@@](C)=O)c1ccccc1)c1ccccc1. The third-order valence-electron chi connectivity index (χ3n) is 3.04. The summed E-state index contributed by atoms with van der Waals surface area (Å²) in [5.74, 6) is 0. The third kappa shape index (κ3) is 4.04. The van der Waals surface area contributed by atoms with E-state index < -0.39 is 10.8 Å². The summed E-state index contributed by atoms with van der Waals surface area (Å²) < 4.78 is 11.6. The summed E-state index contributed by atoms with van der Waals surface area (Å²) in [6, 6.07) is 20.1. The fourth-order valence-electron chi connectivity index (χ4n) is 2.07. The maximum atomic E-state index is 11.6. The Balaban J connectivity index is 2.26. The monoisotopic (exact) mass is 282 g/mol. The molecule has 0 N–H and O–H groups in total. The van der Waals surface area contributed by atoms with Crippen LogP contribution in [0, 0.1) is 0 Å². The molecule has 0 unspecified atom stereocenters. The van der Waals surface area contributed by atoms with Crippen molar-refractivity contribution < 1.29 is 4.21 Å². The van der Waals surface area contributed by atoms with Gasteiger partial charge in [-0.3, -0.25) is 4.21 Å². The molecular weight excluding hydrogens is 264 g/mol. The number of allylic oxidation sites excluding steroid dienone is 2. The van der Waals surface area contributed by atoms with Crippen LogP contribution in [-0.4, -0.2) is 10.5 Å². The fourth-order valence-corrected chi connectivity index (χ4v) is 2.69. The van der Waals surface area contributed by atoms with Crippen LogP contribution in [0.4, 0.5) is 0 Å². The van der Waals surface area contributed by atoms with Gasteiger partial charge in [0.15, 0.2) is 0 Å². The lowest BCUT2D eigenvalue weighted by molar-refractivity contribution is 0.692. The average Bonchev–Trinajstić information content (AvgIpc) is 2.48. The van der Waals surface area contributed by atoms with E-state index in [1.807, 2.05) is 66.1 Å². The van der Waals surface area contributed by atoms with Crippen LogP contribution in [0.2, 0.25) is 0 Å². The molecule has 0 aliphatic rings. The van der Waals surface area contributed by atoms with Crippen molar-refractivity contribution in [3.05, 3.63) is 83.8 Å². The third-order valence-corrected chi connectivity index (χ3v) is 3.66. The van der Waals surface area contributed by atoms with Gasteiger partial charge in [-0.2, -0.15) is 0 Å². The van der Waals surface area contributed by atoms with E-state index in [9.17, 15) is 4.21 Å². The summed E-state index contributed by atoms with van der Waals surface area (Å²) in [6.45, 7) is 4.16. The zero-order valence-corrected chi connectivity index (χ0v) is 12.4. The van der Waals surface area contributed by atoms with Gasteiger partial charge in [0.1, 0.15) is 0 Å². The second-order valence-electron chi connectivity index (χ2n) is 4.65. The van der Waals surface area contributed by atoms with Crippen molar-refractivity contribution in [3.63, 3.8) is 0 Å². The van der Waals surface area contributed by atoms with Gasteiger partial charge < -0.3 is 0 Å². The van der Waals surface area contributed by atoms with E-state index in [4.69, 9.17) is 0 Å². The predicted octanol–water partition coefficient (Wildman–Crippen LogP) is 4.51. The molecular formula is C18H18OS. The Kier molecular flexibility index (Phi) is 5.08. The summed E-state index contributed by atoms with van der Waals surface area (Å²) in [6.07, 6.45) is 2.39. The Morgan fingerprint density at radius 2 is 1.50 bits per heavy atom. The Hall–Kier alpha value is -1.93. The van der Waals surface area contributed by atoms with Crippen LogP contribution < -0.4 is 0 Å². The summed E-state index contributed by atoms with van der Waals surface area (Å²) in [5.41, 5.74) is 4.31. The van der Waals surface area contributed by atoms with Crippen LogP contribution in [0.15, 0.2) is 72.7 Å². The maximum Gasteiger partial charge on any atom is 0.0427 e. The Morgan fingerprint density at radius 1 is 1.00 bits per heavy atom. The number of rotatable bonds is 5. The molecule has 1 atom stereocenters. The highest BCUT2D eigenvalue weighted by molar-refractivity contribution is 7.87. The summed E-state index contributed by atoms with van der Waals surface area (Å²) in [4.78, 5) is 0. The molecule has 2 rings (SSSR count). The van der Waals surface area contributed by atoms with Gasteiger partial charge in [0.2, 0.25) is 0 Å². The minimum Gasteiger partial charge on any atom is -0.255 e. The molecule has 20 heavy (non-hydrogen) atoms. The minimum atomic E-state index is -0.972. The molecule has 2 aromatic carbocycles. The van der Waals surface area contributed by atoms with Crippen LogP contribution in [-0.2, 0) is 10.8 Å². The van der Waals surface area contributed by atoms with E-state index in [-0.39, 0.29) is 0 Å². The van der Waals surface area contributed by atoms with E-state index in [0.29, 0.717) is 6.42 Å². The van der Waals surface area contributed by atoms with Gasteiger partial charge in [-0.15, -0.1) is 0 Å². The Labute approximate surface area is 123 Å². The molecule has 0 saturated carbocycles. The van der Waals surface area contributed by atoms with E-state index >= 15 is 0 Å². The van der Waals surface area contributed by atoms with Gasteiger partial charge in [0, 0.05) is 22.5 Å². The molecule has 0 heterocycles. The van der Waals surface area contributed by atoms with Gasteiger partial charge in [-0.25, -0.2) is 0 Å². The first-order valence-electron chi connectivity index (χ1n) is 6.48. The molecule has 2 heteroatoms. The average molecular weight is 282 g/mol. The van der Waals surface area contributed by atoms with Crippen molar-refractivity contribution in [2.45, 2.75) is 6.42 Å². The highest BCUT2D eigenvalue weighted by Crippen LogP contribution is 2.27. The molecule has 0 aliphatic heterocycles. The fraction of sp³-hybridized carbons (Fsp3) is 0.111. The smallest absolute Gasteiger partial charge is 0.0427 e. The molecule has 1 nitrogen and oxygen atoms in total. The Morgan fingerprint density at radius 3 is 2.00 bits per heavy atom. The van der Waals surface area contributed by atoms with Crippen molar-refractivity contribution in [2.24, 2.45) is 0 Å². The molecule has 0 aliphatic carbocycles. The largest absolute Gasteiger partial charge is 0.255 e. The van der Waals surface area contributed by atoms with Crippen LogP contribution in [0.5, 0.6) is 0 Å². The van der Waals surface area contributed by atoms with Crippen molar-refractivity contribution >= 4 is 21.9 Å². The number of benzene rings is 2. The van der Waals surface area contributed by atoms with Crippen molar-refractivity contribution in [1.82, 2.24) is 0 Å². The number of hydrogen-bond donors (Lipinski definition) is 0. The highest BCUT2D eigenvalue weighted by Gasteiger charge is 2.06. The lowest BCUT2D eigenvalue weighted by Gasteiger charge is -2.10. The van der Waals surface area contributed by atoms with Crippen LogP contribution in [0.1, 0.15) is 17.5 Å². The molecule has 0 radical (unpaired) electrons. The molecule has 0 aromatic heterocycles. The summed E-state index contributed by atoms with van der Waals surface area (Å²) in [7, 11) is -0.972. The van der Waals surface area contributed by atoms with E-state index in [1.54, 1.807) is 6.26 Å². The predicted molar refractivity (Wildman–Crippen MR) is 88.6 cm³/mol. The zero-order chi connectivity index (χ0) is 14.4. The van der Waals surface area contributed by atoms with Gasteiger partial charge >= 0.3 is 0 Å². The van der Waals surface area contributed by atoms with Crippen LogP contribution in [0.25, 0.3) is 11.1 Å². The van der Waals surface area contributed by atoms with Crippen molar-refractivity contribution in [1.29, 1.82) is 0 Å². The number of hydrogen-bond acceptors (Lipinski definition) is 1. The second-order valence-corrected chi connectivity index (χ2v) is 5.89.